The average Bonchev–Trinajstić information content (AvgIpc) is 2.41. The van der Waals surface area contributed by atoms with Crippen molar-refractivity contribution in [1.29, 1.82) is 0 Å². The first-order chi connectivity index (χ1) is 9.15. The molecule has 2 rings (SSSR count). The van der Waals surface area contributed by atoms with E-state index >= 15 is 0 Å². The lowest BCUT2D eigenvalue weighted by Crippen LogP contribution is -2.46. The fourth-order valence-electron chi connectivity index (χ4n) is 2.10. The zero-order valence-corrected chi connectivity index (χ0v) is 11.8. The summed E-state index contributed by atoms with van der Waals surface area (Å²) in [5.41, 5.74) is 0.941. The number of carbonyl (C=O) groups is 1. The maximum Gasteiger partial charge on any atom is 0.258 e. The van der Waals surface area contributed by atoms with E-state index in [1.807, 2.05) is 13.0 Å². The SMILES string of the molecule is Cc1cc(OCC(=O)NC2CCCNC2)ccc1Cl. The van der Waals surface area contributed by atoms with Gasteiger partial charge in [-0.2, -0.15) is 0 Å². The molecule has 1 unspecified atom stereocenters. The Labute approximate surface area is 118 Å². The summed E-state index contributed by atoms with van der Waals surface area (Å²) in [4.78, 5) is 11.7. The van der Waals surface area contributed by atoms with E-state index in [0.29, 0.717) is 10.8 Å². The molecule has 5 heteroatoms. The number of halogens is 1. The van der Waals surface area contributed by atoms with Crippen molar-refractivity contribution < 1.29 is 9.53 Å². The molecule has 1 aromatic carbocycles. The van der Waals surface area contributed by atoms with E-state index in [2.05, 4.69) is 10.6 Å². The van der Waals surface area contributed by atoms with Gasteiger partial charge >= 0.3 is 0 Å². The normalized spacial score (nSPS) is 18.9. The van der Waals surface area contributed by atoms with Crippen LogP contribution in [0.15, 0.2) is 18.2 Å². The van der Waals surface area contributed by atoms with Gasteiger partial charge in [0, 0.05) is 17.6 Å². The summed E-state index contributed by atoms with van der Waals surface area (Å²) >= 11 is 5.93. The number of carbonyl (C=O) groups excluding carboxylic acids is 1. The van der Waals surface area contributed by atoms with Crippen LogP contribution in [0.25, 0.3) is 0 Å². The Morgan fingerprint density at radius 3 is 3.11 bits per heavy atom. The van der Waals surface area contributed by atoms with Gasteiger partial charge in [-0.15, -0.1) is 0 Å². The first-order valence-electron chi connectivity index (χ1n) is 6.54. The summed E-state index contributed by atoms with van der Waals surface area (Å²) in [7, 11) is 0. The standard InChI is InChI=1S/C14H19ClN2O2/c1-10-7-12(4-5-13(10)15)19-9-14(18)17-11-3-2-6-16-8-11/h4-5,7,11,16H,2-3,6,8-9H2,1H3,(H,17,18). The second-order valence-corrected chi connectivity index (χ2v) is 5.22. The second kappa shape index (κ2) is 6.78. The molecule has 4 nitrogen and oxygen atoms in total. The maximum atomic E-state index is 11.7. The lowest BCUT2D eigenvalue weighted by atomic mass is 10.1. The molecule has 1 saturated heterocycles. The van der Waals surface area contributed by atoms with Gasteiger partial charge < -0.3 is 15.4 Å². The summed E-state index contributed by atoms with van der Waals surface area (Å²) < 4.78 is 5.45. The highest BCUT2D eigenvalue weighted by molar-refractivity contribution is 6.31. The van der Waals surface area contributed by atoms with E-state index in [1.54, 1.807) is 12.1 Å². The Balaban J connectivity index is 1.77. The fraction of sp³-hybridized carbons (Fsp3) is 0.500. The highest BCUT2D eigenvalue weighted by atomic mass is 35.5. The van der Waals surface area contributed by atoms with Gasteiger partial charge in [0.25, 0.3) is 5.91 Å². The Bertz CT molecular complexity index is 445. The molecule has 0 saturated carbocycles. The molecule has 1 aromatic rings. The molecule has 1 aliphatic rings. The van der Waals surface area contributed by atoms with Gasteiger partial charge in [-0.3, -0.25) is 4.79 Å². The molecule has 1 aliphatic heterocycles. The molecule has 104 valence electrons. The van der Waals surface area contributed by atoms with Crippen LogP contribution in [0.4, 0.5) is 0 Å². The molecule has 19 heavy (non-hydrogen) atoms. The van der Waals surface area contributed by atoms with Crippen molar-refractivity contribution >= 4 is 17.5 Å². The lowest BCUT2D eigenvalue weighted by Gasteiger charge is -2.23. The molecule has 0 bridgehead atoms. The quantitative estimate of drug-likeness (QED) is 0.887. The van der Waals surface area contributed by atoms with Crippen molar-refractivity contribution in [3.8, 4) is 5.75 Å². The van der Waals surface area contributed by atoms with Crippen LogP contribution in [0.2, 0.25) is 5.02 Å². The average molecular weight is 283 g/mol. The smallest absolute Gasteiger partial charge is 0.258 e. The van der Waals surface area contributed by atoms with E-state index in [0.717, 1.165) is 31.5 Å². The van der Waals surface area contributed by atoms with Gasteiger partial charge in [-0.05, 0) is 50.1 Å². The van der Waals surface area contributed by atoms with Gasteiger partial charge in [-0.1, -0.05) is 11.6 Å². The van der Waals surface area contributed by atoms with E-state index in [1.165, 1.54) is 0 Å². The van der Waals surface area contributed by atoms with Crippen molar-refractivity contribution in [2.75, 3.05) is 19.7 Å². The van der Waals surface area contributed by atoms with Crippen molar-refractivity contribution in [2.45, 2.75) is 25.8 Å². The van der Waals surface area contributed by atoms with Crippen LogP contribution >= 0.6 is 11.6 Å². The molecule has 0 aliphatic carbocycles. The lowest BCUT2D eigenvalue weighted by molar-refractivity contribution is -0.123. The number of rotatable bonds is 4. The van der Waals surface area contributed by atoms with Crippen molar-refractivity contribution in [1.82, 2.24) is 10.6 Å². The number of hydrogen-bond acceptors (Lipinski definition) is 3. The van der Waals surface area contributed by atoms with Crippen LogP contribution in [0, 0.1) is 6.92 Å². The molecule has 1 atom stereocenters. The number of nitrogens with one attached hydrogen (secondary N) is 2. The molecule has 1 fully saturated rings. The third kappa shape index (κ3) is 4.40. The van der Waals surface area contributed by atoms with Crippen molar-refractivity contribution in [2.24, 2.45) is 0 Å². The number of aryl methyl sites for hydroxylation is 1. The molecule has 2 N–H and O–H groups in total. The molecule has 0 spiro atoms. The topological polar surface area (TPSA) is 50.4 Å². The predicted octanol–water partition coefficient (Wildman–Crippen LogP) is 1.90. The van der Waals surface area contributed by atoms with Crippen LogP contribution in [-0.4, -0.2) is 31.6 Å². The highest BCUT2D eigenvalue weighted by Crippen LogP contribution is 2.20. The number of ether oxygens (including phenoxy) is 1. The zero-order chi connectivity index (χ0) is 13.7. The zero-order valence-electron chi connectivity index (χ0n) is 11.0. The number of piperidine rings is 1. The maximum absolute atomic E-state index is 11.7. The van der Waals surface area contributed by atoms with Crippen LogP contribution < -0.4 is 15.4 Å². The summed E-state index contributed by atoms with van der Waals surface area (Å²) in [6, 6.07) is 5.59. The van der Waals surface area contributed by atoms with Gasteiger partial charge in [-0.25, -0.2) is 0 Å². The molecule has 0 aromatic heterocycles. The highest BCUT2D eigenvalue weighted by Gasteiger charge is 2.15. The summed E-state index contributed by atoms with van der Waals surface area (Å²) in [5, 5.41) is 6.92. The van der Waals surface area contributed by atoms with Crippen LogP contribution in [0.3, 0.4) is 0 Å². The third-order valence-corrected chi connectivity index (χ3v) is 3.59. The van der Waals surface area contributed by atoms with Crippen LogP contribution in [0.5, 0.6) is 5.75 Å². The summed E-state index contributed by atoms with van der Waals surface area (Å²) in [6.45, 7) is 3.82. The van der Waals surface area contributed by atoms with Gasteiger partial charge in [0.05, 0.1) is 0 Å². The van der Waals surface area contributed by atoms with Crippen molar-refractivity contribution in [3.63, 3.8) is 0 Å². The monoisotopic (exact) mass is 282 g/mol. The van der Waals surface area contributed by atoms with E-state index < -0.39 is 0 Å². The Kier molecular flexibility index (Phi) is 5.05. The first kappa shape index (κ1) is 14.2. The molecule has 1 amide bonds. The Morgan fingerprint density at radius 1 is 1.58 bits per heavy atom. The fourth-order valence-corrected chi connectivity index (χ4v) is 2.22. The largest absolute Gasteiger partial charge is 0.484 e. The van der Waals surface area contributed by atoms with Crippen molar-refractivity contribution in [3.05, 3.63) is 28.8 Å². The van der Waals surface area contributed by atoms with Crippen LogP contribution in [-0.2, 0) is 4.79 Å². The van der Waals surface area contributed by atoms with E-state index in [4.69, 9.17) is 16.3 Å². The minimum absolute atomic E-state index is 0.0393. The number of hydrogen-bond donors (Lipinski definition) is 2. The van der Waals surface area contributed by atoms with E-state index in [-0.39, 0.29) is 18.6 Å². The number of amides is 1. The summed E-state index contributed by atoms with van der Waals surface area (Å²) in [5.74, 6) is 0.583. The van der Waals surface area contributed by atoms with Gasteiger partial charge in [0.1, 0.15) is 5.75 Å². The number of benzene rings is 1. The Hall–Kier alpha value is -1.26. The molecular formula is C14H19ClN2O2. The molecular weight excluding hydrogens is 264 g/mol. The van der Waals surface area contributed by atoms with Gasteiger partial charge in [0.2, 0.25) is 0 Å². The predicted molar refractivity (Wildman–Crippen MR) is 75.7 cm³/mol. The van der Waals surface area contributed by atoms with Crippen LogP contribution in [0.1, 0.15) is 18.4 Å². The summed E-state index contributed by atoms with van der Waals surface area (Å²) in [6.07, 6.45) is 2.13. The molecule has 1 heterocycles. The minimum atomic E-state index is -0.0821. The second-order valence-electron chi connectivity index (χ2n) is 4.81. The first-order valence-corrected chi connectivity index (χ1v) is 6.92. The van der Waals surface area contributed by atoms with E-state index in [9.17, 15) is 4.79 Å². The van der Waals surface area contributed by atoms with Gasteiger partial charge in [0.15, 0.2) is 6.61 Å². The third-order valence-electron chi connectivity index (χ3n) is 3.16. The Morgan fingerprint density at radius 2 is 2.42 bits per heavy atom. The minimum Gasteiger partial charge on any atom is -0.484 e. The molecule has 0 radical (unpaired) electrons.